The molecule has 0 fully saturated rings. The lowest BCUT2D eigenvalue weighted by atomic mass is 10.5. The van der Waals surface area contributed by atoms with Gasteiger partial charge in [0.25, 0.3) is 0 Å². The summed E-state index contributed by atoms with van der Waals surface area (Å²) in [6.07, 6.45) is 5.25. The van der Waals surface area contributed by atoms with Gasteiger partial charge in [0.15, 0.2) is 5.65 Å². The Morgan fingerprint density at radius 3 is 3.33 bits per heavy atom. The van der Waals surface area contributed by atoms with E-state index < -0.39 is 0 Å². The lowest BCUT2D eigenvalue weighted by Gasteiger charge is -1.91. The maximum atomic E-state index is 4.19. The van der Waals surface area contributed by atoms with Crippen molar-refractivity contribution in [3.05, 3.63) is 24.7 Å². The third-order valence-corrected chi connectivity index (χ3v) is 1.83. The van der Waals surface area contributed by atoms with Crippen molar-refractivity contribution < 1.29 is 0 Å². The maximum Gasteiger partial charge on any atom is 0.156 e. The van der Waals surface area contributed by atoms with E-state index in [0.29, 0.717) is 0 Å². The normalized spacial score (nSPS) is 11.3. The lowest BCUT2D eigenvalue weighted by molar-refractivity contribution is 0.880. The van der Waals surface area contributed by atoms with Gasteiger partial charge in [0.2, 0.25) is 0 Å². The van der Waals surface area contributed by atoms with Crippen LogP contribution in [0.2, 0.25) is 0 Å². The molecule has 0 aliphatic carbocycles. The average Bonchev–Trinajstić information content (AvgIpc) is 2.71. The quantitative estimate of drug-likeness (QED) is 0.522. The third kappa shape index (κ3) is 0.554. The summed E-state index contributed by atoms with van der Waals surface area (Å²) in [4.78, 5) is 7.19. The van der Waals surface area contributed by atoms with Crippen LogP contribution in [0, 0.1) is 0 Å². The van der Waals surface area contributed by atoms with Gasteiger partial charge >= 0.3 is 0 Å². The Bertz CT molecular complexity index is 485. The van der Waals surface area contributed by atoms with E-state index in [2.05, 4.69) is 20.3 Å². The van der Waals surface area contributed by atoms with Crippen LogP contribution in [-0.2, 0) is 0 Å². The zero-order valence-corrected chi connectivity index (χ0v) is 6.10. The van der Waals surface area contributed by atoms with Gasteiger partial charge in [0, 0.05) is 6.20 Å². The molecule has 58 valence electrons. The number of hydrogen-bond acceptors (Lipinski definition) is 3. The number of nitrogens with zero attached hydrogens (tertiary/aromatic N) is 4. The zero-order valence-electron chi connectivity index (χ0n) is 6.10. The van der Waals surface area contributed by atoms with E-state index >= 15 is 0 Å². The summed E-state index contributed by atoms with van der Waals surface area (Å²) in [5.74, 6) is 0. The first-order valence-corrected chi connectivity index (χ1v) is 3.58. The summed E-state index contributed by atoms with van der Waals surface area (Å²) in [5, 5.41) is 7.72. The second kappa shape index (κ2) is 1.82. The third-order valence-electron chi connectivity index (χ3n) is 1.83. The highest BCUT2D eigenvalue weighted by molar-refractivity contribution is 5.73. The number of aromatic nitrogens is 5. The van der Waals surface area contributed by atoms with Gasteiger partial charge in [-0.3, -0.25) is 0 Å². The zero-order chi connectivity index (χ0) is 7.97. The molecule has 0 unspecified atom stereocenters. The maximum absolute atomic E-state index is 4.19. The SMILES string of the molecule is c1cc2c(ncc3cnnn32)[nH]1. The summed E-state index contributed by atoms with van der Waals surface area (Å²) in [6, 6.07) is 1.92. The van der Waals surface area contributed by atoms with Gasteiger partial charge in [-0.2, -0.15) is 0 Å². The fraction of sp³-hybridized carbons (Fsp3) is 0. The minimum Gasteiger partial charge on any atom is -0.345 e. The lowest BCUT2D eigenvalue weighted by Crippen LogP contribution is -1.89. The Morgan fingerprint density at radius 2 is 2.33 bits per heavy atom. The molecule has 3 aromatic rings. The van der Waals surface area contributed by atoms with Gasteiger partial charge in [-0.25, -0.2) is 9.50 Å². The summed E-state index contributed by atoms with van der Waals surface area (Å²) < 4.78 is 1.75. The highest BCUT2D eigenvalue weighted by Gasteiger charge is 2.01. The monoisotopic (exact) mass is 159 g/mol. The summed E-state index contributed by atoms with van der Waals surface area (Å²) >= 11 is 0. The highest BCUT2D eigenvalue weighted by Crippen LogP contribution is 2.09. The molecule has 12 heavy (non-hydrogen) atoms. The number of hydrogen-bond donors (Lipinski definition) is 1. The Morgan fingerprint density at radius 1 is 1.33 bits per heavy atom. The number of aromatic amines is 1. The van der Waals surface area contributed by atoms with Gasteiger partial charge in [-0.1, -0.05) is 5.21 Å². The molecule has 0 saturated heterocycles. The Hall–Kier alpha value is -1.91. The predicted octanol–water partition coefficient (Wildman–Crippen LogP) is 0.606. The molecule has 0 aromatic carbocycles. The van der Waals surface area contributed by atoms with E-state index in [-0.39, 0.29) is 0 Å². The summed E-state index contributed by atoms with van der Waals surface area (Å²) in [6.45, 7) is 0. The van der Waals surface area contributed by atoms with Crippen LogP contribution in [0.25, 0.3) is 16.7 Å². The Labute approximate surface area is 67.0 Å². The molecular formula is C7H5N5. The van der Waals surface area contributed by atoms with Crippen LogP contribution in [0.4, 0.5) is 0 Å². The molecule has 0 aliphatic heterocycles. The van der Waals surface area contributed by atoms with E-state index in [9.17, 15) is 0 Å². The van der Waals surface area contributed by atoms with Crippen molar-refractivity contribution >= 4 is 16.7 Å². The van der Waals surface area contributed by atoms with Crippen LogP contribution in [0.15, 0.2) is 24.7 Å². The van der Waals surface area contributed by atoms with Crippen molar-refractivity contribution in [3.63, 3.8) is 0 Å². The van der Waals surface area contributed by atoms with E-state index in [4.69, 9.17) is 0 Å². The van der Waals surface area contributed by atoms with Gasteiger partial charge < -0.3 is 4.98 Å². The molecule has 0 amide bonds. The van der Waals surface area contributed by atoms with Crippen LogP contribution in [0.5, 0.6) is 0 Å². The summed E-state index contributed by atoms with van der Waals surface area (Å²) in [5.41, 5.74) is 2.68. The number of H-pyrrole nitrogens is 1. The Balaban J connectivity index is 2.71. The fourth-order valence-electron chi connectivity index (χ4n) is 1.28. The molecule has 0 spiro atoms. The van der Waals surface area contributed by atoms with Crippen LogP contribution in [-0.4, -0.2) is 24.8 Å². The van der Waals surface area contributed by atoms with Gasteiger partial charge in [0.1, 0.15) is 11.0 Å². The van der Waals surface area contributed by atoms with Crippen LogP contribution in [0.1, 0.15) is 0 Å². The first kappa shape index (κ1) is 5.70. The van der Waals surface area contributed by atoms with Crippen molar-refractivity contribution in [2.45, 2.75) is 0 Å². The fourth-order valence-corrected chi connectivity index (χ4v) is 1.28. The average molecular weight is 159 g/mol. The summed E-state index contributed by atoms with van der Waals surface area (Å²) in [7, 11) is 0. The molecule has 0 atom stereocenters. The first-order chi connectivity index (χ1) is 5.95. The predicted molar refractivity (Wildman–Crippen MR) is 42.6 cm³/mol. The standard InChI is InChI=1S/C7H5N5/c1-2-8-7-6(1)12-5(3-9-7)4-10-11-12/h1-4,8H. The van der Waals surface area contributed by atoms with Gasteiger partial charge in [-0.15, -0.1) is 5.10 Å². The number of fused-ring (bicyclic) bond motifs is 3. The van der Waals surface area contributed by atoms with Crippen molar-refractivity contribution in [1.29, 1.82) is 0 Å². The van der Waals surface area contributed by atoms with Crippen LogP contribution in [0.3, 0.4) is 0 Å². The first-order valence-electron chi connectivity index (χ1n) is 3.58. The van der Waals surface area contributed by atoms with Crippen molar-refractivity contribution in [2.75, 3.05) is 0 Å². The molecular weight excluding hydrogens is 154 g/mol. The van der Waals surface area contributed by atoms with Crippen molar-refractivity contribution in [2.24, 2.45) is 0 Å². The second-order valence-corrected chi connectivity index (χ2v) is 2.54. The Kier molecular flexibility index (Phi) is 0.864. The minimum absolute atomic E-state index is 0.827. The highest BCUT2D eigenvalue weighted by atomic mass is 15.4. The van der Waals surface area contributed by atoms with E-state index in [1.807, 2.05) is 12.3 Å². The molecule has 5 nitrogen and oxygen atoms in total. The molecule has 5 heteroatoms. The molecule has 0 aliphatic rings. The molecule has 1 N–H and O–H groups in total. The number of rotatable bonds is 0. The van der Waals surface area contributed by atoms with Crippen LogP contribution < -0.4 is 0 Å². The minimum atomic E-state index is 0.827. The molecule has 3 heterocycles. The molecule has 0 radical (unpaired) electrons. The van der Waals surface area contributed by atoms with Crippen LogP contribution >= 0.6 is 0 Å². The van der Waals surface area contributed by atoms with E-state index in [1.54, 1.807) is 16.9 Å². The van der Waals surface area contributed by atoms with Gasteiger partial charge in [-0.05, 0) is 6.07 Å². The second-order valence-electron chi connectivity index (χ2n) is 2.54. The largest absolute Gasteiger partial charge is 0.345 e. The molecule has 3 aromatic heterocycles. The smallest absolute Gasteiger partial charge is 0.156 e. The van der Waals surface area contributed by atoms with Gasteiger partial charge in [0.05, 0.1) is 12.4 Å². The van der Waals surface area contributed by atoms with Crippen molar-refractivity contribution in [1.82, 2.24) is 24.8 Å². The van der Waals surface area contributed by atoms with Crippen molar-refractivity contribution in [3.8, 4) is 0 Å². The topological polar surface area (TPSA) is 58.9 Å². The van der Waals surface area contributed by atoms with E-state index in [1.165, 1.54) is 0 Å². The molecule has 3 rings (SSSR count). The molecule has 0 bridgehead atoms. The molecule has 0 saturated carbocycles. The van der Waals surface area contributed by atoms with E-state index in [0.717, 1.165) is 16.7 Å². The number of nitrogens with one attached hydrogen (secondary N) is 1.